The molecule has 2 amide bonds. The Hall–Kier alpha value is -0.750. The lowest BCUT2D eigenvalue weighted by Crippen LogP contribution is -2.53. The molecule has 2 saturated heterocycles. The average molecular weight is 352 g/mol. The zero-order valence-electron chi connectivity index (χ0n) is 14.9. The van der Waals surface area contributed by atoms with Crippen LogP contribution in [-0.2, 0) is 9.59 Å². The van der Waals surface area contributed by atoms with Crippen LogP contribution >= 0.6 is 11.8 Å². The maximum absolute atomic E-state index is 12.9. The number of carbonyl (C=O) groups excluding carboxylic acids is 2. The summed E-state index contributed by atoms with van der Waals surface area (Å²) in [6.45, 7) is 4.65. The number of rotatable bonds is 5. The van der Waals surface area contributed by atoms with Crippen LogP contribution in [0.4, 0.5) is 0 Å². The van der Waals surface area contributed by atoms with E-state index in [1.165, 1.54) is 25.7 Å². The standard InChI is InChI=1S/C18H29N3O2S/c1-13(14-3-4-14)21(15-5-6-15)16(22)11-20-9-7-18(8-10-20)19(2)17(23)12-24-18/h13-15H,3-12H2,1-2H3/t13-/m0/s1. The smallest absolute Gasteiger partial charge is 0.237 e. The molecule has 1 atom stereocenters. The van der Waals surface area contributed by atoms with Crippen molar-refractivity contribution >= 4 is 23.6 Å². The molecule has 2 heterocycles. The van der Waals surface area contributed by atoms with Crippen molar-refractivity contribution in [2.75, 3.05) is 32.4 Å². The first kappa shape index (κ1) is 16.7. The second-order valence-electron chi connectivity index (χ2n) is 8.07. The first-order chi connectivity index (χ1) is 11.5. The van der Waals surface area contributed by atoms with Gasteiger partial charge in [-0.3, -0.25) is 14.5 Å². The van der Waals surface area contributed by atoms with Crippen molar-refractivity contribution in [3.05, 3.63) is 0 Å². The molecule has 1 spiro atoms. The van der Waals surface area contributed by atoms with Crippen molar-refractivity contribution in [2.24, 2.45) is 5.92 Å². The van der Waals surface area contributed by atoms with Crippen molar-refractivity contribution in [3.8, 4) is 0 Å². The van der Waals surface area contributed by atoms with E-state index in [9.17, 15) is 9.59 Å². The first-order valence-corrected chi connectivity index (χ1v) is 10.4. The number of carbonyl (C=O) groups is 2. The third-order valence-corrected chi connectivity index (χ3v) is 8.03. The van der Waals surface area contributed by atoms with Crippen LogP contribution in [0.1, 0.15) is 45.4 Å². The van der Waals surface area contributed by atoms with Gasteiger partial charge in [-0.15, -0.1) is 11.8 Å². The van der Waals surface area contributed by atoms with Crippen LogP contribution in [0, 0.1) is 5.92 Å². The summed E-state index contributed by atoms with van der Waals surface area (Å²) in [6, 6.07) is 0.939. The largest absolute Gasteiger partial charge is 0.336 e. The quantitative estimate of drug-likeness (QED) is 0.757. The van der Waals surface area contributed by atoms with Crippen LogP contribution in [0.25, 0.3) is 0 Å². The molecule has 2 aliphatic heterocycles. The van der Waals surface area contributed by atoms with Crippen molar-refractivity contribution in [2.45, 2.75) is 62.4 Å². The molecule has 2 aliphatic carbocycles. The number of hydrogen-bond acceptors (Lipinski definition) is 4. The summed E-state index contributed by atoms with van der Waals surface area (Å²) in [4.78, 5) is 31.2. The summed E-state index contributed by atoms with van der Waals surface area (Å²) >= 11 is 1.80. The monoisotopic (exact) mass is 351 g/mol. The van der Waals surface area contributed by atoms with Crippen LogP contribution in [0.2, 0.25) is 0 Å². The van der Waals surface area contributed by atoms with Crippen molar-refractivity contribution < 1.29 is 9.59 Å². The second-order valence-corrected chi connectivity index (χ2v) is 9.41. The molecule has 6 heteroatoms. The van der Waals surface area contributed by atoms with E-state index in [1.807, 2.05) is 11.9 Å². The van der Waals surface area contributed by atoms with Gasteiger partial charge in [0.05, 0.1) is 17.2 Å². The summed E-state index contributed by atoms with van der Waals surface area (Å²) in [5, 5.41) is 0. The molecule has 24 heavy (non-hydrogen) atoms. The number of likely N-dealkylation sites (tertiary alicyclic amines) is 1. The molecule has 0 bridgehead atoms. The molecule has 5 nitrogen and oxygen atoms in total. The van der Waals surface area contributed by atoms with Crippen LogP contribution in [-0.4, -0.2) is 75.9 Å². The molecule has 0 N–H and O–H groups in total. The lowest BCUT2D eigenvalue weighted by atomic mass is 10.0. The topological polar surface area (TPSA) is 43.9 Å². The molecular weight excluding hydrogens is 322 g/mol. The zero-order valence-corrected chi connectivity index (χ0v) is 15.7. The molecule has 4 rings (SSSR count). The SMILES string of the molecule is C[C@@H](C1CC1)N(C(=O)CN1CCC2(CC1)SCC(=O)N2C)C1CC1. The van der Waals surface area contributed by atoms with Gasteiger partial charge in [0.15, 0.2) is 0 Å². The van der Waals surface area contributed by atoms with Crippen molar-refractivity contribution in [1.82, 2.24) is 14.7 Å². The number of nitrogens with zero attached hydrogens (tertiary/aromatic N) is 3. The van der Waals surface area contributed by atoms with Crippen molar-refractivity contribution in [3.63, 3.8) is 0 Å². The van der Waals surface area contributed by atoms with E-state index in [2.05, 4.69) is 16.7 Å². The number of piperidine rings is 1. The van der Waals surface area contributed by atoms with Gasteiger partial charge in [-0.2, -0.15) is 0 Å². The Morgan fingerprint density at radius 1 is 1.29 bits per heavy atom. The maximum Gasteiger partial charge on any atom is 0.237 e. The van der Waals surface area contributed by atoms with E-state index in [0.29, 0.717) is 30.3 Å². The number of amides is 2. The van der Waals surface area contributed by atoms with Crippen LogP contribution in [0.5, 0.6) is 0 Å². The van der Waals surface area contributed by atoms with E-state index in [0.717, 1.165) is 31.8 Å². The first-order valence-electron chi connectivity index (χ1n) is 9.44. The second kappa shape index (κ2) is 6.20. The fourth-order valence-corrected chi connectivity index (χ4v) is 5.70. The van der Waals surface area contributed by atoms with Crippen LogP contribution in [0.3, 0.4) is 0 Å². The Kier molecular flexibility index (Phi) is 4.32. The average Bonchev–Trinajstić information content (AvgIpc) is 3.46. The Labute approximate surface area is 149 Å². The van der Waals surface area contributed by atoms with Gasteiger partial charge in [0.1, 0.15) is 0 Å². The van der Waals surface area contributed by atoms with Gasteiger partial charge >= 0.3 is 0 Å². The van der Waals surface area contributed by atoms with Gasteiger partial charge in [-0.1, -0.05) is 0 Å². The molecule has 0 unspecified atom stereocenters. The van der Waals surface area contributed by atoms with Gasteiger partial charge in [-0.25, -0.2) is 0 Å². The van der Waals surface area contributed by atoms with Gasteiger partial charge in [0.25, 0.3) is 0 Å². The van der Waals surface area contributed by atoms with Gasteiger partial charge in [-0.05, 0) is 51.4 Å². The normalized spacial score (nSPS) is 28.4. The Morgan fingerprint density at radius 2 is 1.96 bits per heavy atom. The fourth-order valence-electron chi connectivity index (χ4n) is 4.35. The Balaban J connectivity index is 1.33. The number of hydrogen-bond donors (Lipinski definition) is 0. The minimum Gasteiger partial charge on any atom is -0.336 e. The summed E-state index contributed by atoms with van der Waals surface area (Å²) < 4.78 is 0. The van der Waals surface area contributed by atoms with Gasteiger partial charge in [0, 0.05) is 32.2 Å². The molecule has 0 aromatic heterocycles. The maximum atomic E-state index is 12.9. The van der Waals surface area contributed by atoms with E-state index in [-0.39, 0.29) is 10.8 Å². The Morgan fingerprint density at radius 3 is 2.46 bits per heavy atom. The number of thioether (sulfide) groups is 1. The van der Waals surface area contributed by atoms with Crippen LogP contribution < -0.4 is 0 Å². The van der Waals surface area contributed by atoms with Gasteiger partial charge < -0.3 is 9.80 Å². The third-order valence-electron chi connectivity index (χ3n) is 6.42. The zero-order chi connectivity index (χ0) is 16.9. The van der Waals surface area contributed by atoms with E-state index >= 15 is 0 Å². The van der Waals surface area contributed by atoms with E-state index in [4.69, 9.17) is 0 Å². The molecule has 2 saturated carbocycles. The van der Waals surface area contributed by atoms with Gasteiger partial charge in [0.2, 0.25) is 11.8 Å². The molecule has 0 aromatic rings. The minimum atomic E-state index is -0.00584. The van der Waals surface area contributed by atoms with E-state index in [1.54, 1.807) is 11.8 Å². The highest BCUT2D eigenvalue weighted by molar-refractivity contribution is 8.01. The lowest BCUT2D eigenvalue weighted by Gasteiger charge is -2.43. The molecule has 4 aliphatic rings. The highest BCUT2D eigenvalue weighted by Crippen LogP contribution is 2.43. The molecular formula is C18H29N3O2S. The highest BCUT2D eigenvalue weighted by atomic mass is 32.2. The summed E-state index contributed by atoms with van der Waals surface area (Å²) in [5.74, 6) is 1.94. The lowest BCUT2D eigenvalue weighted by molar-refractivity contribution is -0.137. The predicted octanol–water partition coefficient (Wildman–Crippen LogP) is 1.77. The summed E-state index contributed by atoms with van der Waals surface area (Å²) in [7, 11) is 1.94. The van der Waals surface area contributed by atoms with E-state index < -0.39 is 0 Å². The molecule has 134 valence electrons. The molecule has 0 radical (unpaired) electrons. The highest BCUT2D eigenvalue weighted by Gasteiger charge is 2.47. The molecule has 0 aromatic carbocycles. The Bertz CT molecular complexity index is 524. The third kappa shape index (κ3) is 3.07. The summed E-state index contributed by atoms with van der Waals surface area (Å²) in [5.41, 5.74) is 0. The summed E-state index contributed by atoms with van der Waals surface area (Å²) in [6.07, 6.45) is 6.93. The molecule has 4 fully saturated rings. The predicted molar refractivity (Wildman–Crippen MR) is 95.7 cm³/mol. The fraction of sp³-hybridized carbons (Fsp3) is 0.889. The van der Waals surface area contributed by atoms with Crippen LogP contribution in [0.15, 0.2) is 0 Å². The van der Waals surface area contributed by atoms with Crippen molar-refractivity contribution in [1.29, 1.82) is 0 Å². The minimum absolute atomic E-state index is 0.00584.